The Hall–Kier alpha value is -2.21. The highest BCUT2D eigenvalue weighted by Gasteiger charge is 2.11. The van der Waals surface area contributed by atoms with E-state index in [-0.39, 0.29) is 5.91 Å². The normalized spacial score (nSPS) is 10.8. The summed E-state index contributed by atoms with van der Waals surface area (Å²) >= 11 is 3.40. The molecule has 2 aromatic heterocycles. The minimum atomic E-state index is -0.141. The summed E-state index contributed by atoms with van der Waals surface area (Å²) in [4.78, 5) is 12.3. The van der Waals surface area contributed by atoms with Crippen molar-refractivity contribution in [2.45, 2.75) is 13.5 Å². The van der Waals surface area contributed by atoms with Crippen LogP contribution >= 0.6 is 15.9 Å². The monoisotopic (exact) mass is 344 g/mol. The third-order valence-electron chi connectivity index (χ3n) is 3.16. The van der Waals surface area contributed by atoms with Crippen molar-refractivity contribution in [2.75, 3.05) is 0 Å². The molecule has 0 fully saturated rings. The van der Waals surface area contributed by atoms with Gasteiger partial charge in [0.15, 0.2) is 11.5 Å². The zero-order valence-corrected chi connectivity index (χ0v) is 13.0. The van der Waals surface area contributed by atoms with Crippen molar-refractivity contribution >= 4 is 27.5 Å². The summed E-state index contributed by atoms with van der Waals surface area (Å²) in [5.41, 5.74) is 2.42. The minimum Gasteiger partial charge on any atom is -0.345 e. The molecule has 0 saturated carbocycles. The number of carbonyl (C=O) groups excluding carboxylic acids is 1. The van der Waals surface area contributed by atoms with E-state index in [0.717, 1.165) is 15.7 Å². The lowest BCUT2D eigenvalue weighted by Crippen LogP contribution is -2.24. The Balaban J connectivity index is 1.78. The molecule has 5 nitrogen and oxygen atoms in total. The molecule has 0 aliphatic rings. The Bertz CT molecular complexity index is 812. The molecule has 3 aromatic rings. The number of aryl methyl sites for hydroxylation is 1. The Morgan fingerprint density at radius 3 is 3.00 bits per heavy atom. The Morgan fingerprint density at radius 2 is 2.14 bits per heavy atom. The standard InChI is InChI=1S/C15H13BrN4O/c1-10-5-6-12(16)11(8-10)15(21)17-9-14-19-18-13-4-2-3-7-20(13)14/h2-8H,9H2,1H3,(H,17,21). The van der Waals surface area contributed by atoms with Gasteiger partial charge in [-0.1, -0.05) is 17.7 Å². The minimum absolute atomic E-state index is 0.141. The molecule has 0 saturated heterocycles. The second-order valence-electron chi connectivity index (χ2n) is 4.71. The van der Waals surface area contributed by atoms with Gasteiger partial charge in [-0.25, -0.2) is 0 Å². The fraction of sp³-hybridized carbons (Fsp3) is 0.133. The van der Waals surface area contributed by atoms with Crippen LogP contribution in [0.1, 0.15) is 21.7 Å². The molecule has 0 radical (unpaired) electrons. The van der Waals surface area contributed by atoms with Gasteiger partial charge >= 0.3 is 0 Å². The topological polar surface area (TPSA) is 59.3 Å². The Labute approximate surface area is 130 Å². The van der Waals surface area contributed by atoms with E-state index in [1.807, 2.05) is 53.9 Å². The van der Waals surface area contributed by atoms with Crippen molar-refractivity contribution in [1.82, 2.24) is 19.9 Å². The van der Waals surface area contributed by atoms with Crippen LogP contribution in [-0.2, 0) is 6.54 Å². The van der Waals surface area contributed by atoms with Crippen LogP contribution in [0.5, 0.6) is 0 Å². The molecule has 1 aromatic carbocycles. The maximum Gasteiger partial charge on any atom is 0.252 e. The van der Waals surface area contributed by atoms with E-state index in [4.69, 9.17) is 0 Å². The molecule has 106 valence electrons. The number of fused-ring (bicyclic) bond motifs is 1. The largest absolute Gasteiger partial charge is 0.345 e. The van der Waals surface area contributed by atoms with Crippen LogP contribution in [-0.4, -0.2) is 20.5 Å². The lowest BCUT2D eigenvalue weighted by atomic mass is 10.1. The molecular weight excluding hydrogens is 332 g/mol. The molecule has 21 heavy (non-hydrogen) atoms. The van der Waals surface area contributed by atoms with Gasteiger partial charge in [0.2, 0.25) is 0 Å². The number of hydrogen-bond acceptors (Lipinski definition) is 3. The highest BCUT2D eigenvalue weighted by molar-refractivity contribution is 9.10. The van der Waals surface area contributed by atoms with Crippen molar-refractivity contribution in [1.29, 1.82) is 0 Å². The fourth-order valence-corrected chi connectivity index (χ4v) is 2.51. The summed E-state index contributed by atoms with van der Waals surface area (Å²) in [5.74, 6) is 0.556. The number of amides is 1. The molecule has 0 bridgehead atoms. The summed E-state index contributed by atoms with van der Waals surface area (Å²) in [6.45, 7) is 2.28. The Morgan fingerprint density at radius 1 is 1.29 bits per heavy atom. The quantitative estimate of drug-likeness (QED) is 0.794. The predicted octanol–water partition coefficient (Wildman–Crippen LogP) is 2.73. The van der Waals surface area contributed by atoms with Crippen LogP contribution in [0.2, 0.25) is 0 Å². The van der Waals surface area contributed by atoms with Crippen molar-refractivity contribution < 1.29 is 4.79 Å². The van der Waals surface area contributed by atoms with Gasteiger partial charge in [0.1, 0.15) is 0 Å². The van der Waals surface area contributed by atoms with Gasteiger partial charge in [0, 0.05) is 10.7 Å². The molecule has 1 N–H and O–H groups in total. The van der Waals surface area contributed by atoms with Crippen molar-refractivity contribution in [3.8, 4) is 0 Å². The molecule has 0 atom stereocenters. The number of carbonyl (C=O) groups is 1. The van der Waals surface area contributed by atoms with E-state index >= 15 is 0 Å². The number of aromatic nitrogens is 3. The average Bonchev–Trinajstić information content (AvgIpc) is 2.90. The van der Waals surface area contributed by atoms with Gasteiger partial charge in [0.25, 0.3) is 5.91 Å². The van der Waals surface area contributed by atoms with E-state index in [0.29, 0.717) is 17.9 Å². The third kappa shape index (κ3) is 2.80. The lowest BCUT2D eigenvalue weighted by molar-refractivity contribution is 0.0949. The number of halogens is 1. The second-order valence-corrected chi connectivity index (χ2v) is 5.57. The van der Waals surface area contributed by atoms with Gasteiger partial charge in [-0.3, -0.25) is 9.20 Å². The number of benzene rings is 1. The lowest BCUT2D eigenvalue weighted by Gasteiger charge is -2.07. The van der Waals surface area contributed by atoms with Crippen molar-refractivity contribution in [3.63, 3.8) is 0 Å². The zero-order chi connectivity index (χ0) is 14.8. The third-order valence-corrected chi connectivity index (χ3v) is 3.85. The van der Waals surface area contributed by atoms with Gasteiger partial charge in [-0.2, -0.15) is 0 Å². The molecule has 1 amide bonds. The zero-order valence-electron chi connectivity index (χ0n) is 11.4. The number of hydrogen-bond donors (Lipinski definition) is 1. The molecule has 0 aliphatic carbocycles. The molecule has 0 unspecified atom stereocenters. The first-order valence-electron chi connectivity index (χ1n) is 6.48. The van der Waals surface area contributed by atoms with Crippen molar-refractivity contribution in [2.24, 2.45) is 0 Å². The molecule has 2 heterocycles. The smallest absolute Gasteiger partial charge is 0.252 e. The van der Waals surface area contributed by atoms with E-state index < -0.39 is 0 Å². The van der Waals surface area contributed by atoms with Crippen LogP contribution < -0.4 is 5.32 Å². The average molecular weight is 345 g/mol. The summed E-state index contributed by atoms with van der Waals surface area (Å²) in [6.07, 6.45) is 1.87. The first-order chi connectivity index (χ1) is 10.1. The molecule has 0 spiro atoms. The van der Waals surface area contributed by atoms with Crippen LogP contribution in [0, 0.1) is 6.92 Å². The number of pyridine rings is 1. The van der Waals surface area contributed by atoms with Crippen LogP contribution in [0.25, 0.3) is 5.65 Å². The SMILES string of the molecule is Cc1ccc(Br)c(C(=O)NCc2nnc3ccccn23)c1. The Kier molecular flexibility index (Phi) is 3.70. The van der Waals surface area contributed by atoms with Crippen LogP contribution in [0.15, 0.2) is 47.1 Å². The summed E-state index contributed by atoms with van der Waals surface area (Å²) in [5, 5.41) is 11.0. The predicted molar refractivity (Wildman–Crippen MR) is 83.0 cm³/mol. The van der Waals surface area contributed by atoms with Gasteiger partial charge in [0.05, 0.1) is 12.1 Å². The number of nitrogens with one attached hydrogen (secondary N) is 1. The number of nitrogens with zero attached hydrogens (tertiary/aromatic N) is 3. The maximum absolute atomic E-state index is 12.3. The highest BCUT2D eigenvalue weighted by atomic mass is 79.9. The van der Waals surface area contributed by atoms with Gasteiger partial charge in [-0.05, 0) is 47.1 Å². The molecule has 0 aliphatic heterocycles. The molecular formula is C15H13BrN4O. The fourth-order valence-electron chi connectivity index (χ4n) is 2.08. The van der Waals surface area contributed by atoms with Crippen LogP contribution in [0.3, 0.4) is 0 Å². The van der Waals surface area contributed by atoms with Crippen LogP contribution in [0.4, 0.5) is 0 Å². The highest BCUT2D eigenvalue weighted by Crippen LogP contribution is 2.18. The first-order valence-corrected chi connectivity index (χ1v) is 7.27. The summed E-state index contributed by atoms with van der Waals surface area (Å²) in [7, 11) is 0. The molecule has 3 rings (SSSR count). The van der Waals surface area contributed by atoms with E-state index in [9.17, 15) is 4.79 Å². The van der Waals surface area contributed by atoms with E-state index in [2.05, 4.69) is 31.4 Å². The number of rotatable bonds is 3. The second kappa shape index (κ2) is 5.65. The van der Waals surface area contributed by atoms with Gasteiger partial charge < -0.3 is 5.32 Å². The van der Waals surface area contributed by atoms with E-state index in [1.54, 1.807) is 0 Å². The summed E-state index contributed by atoms with van der Waals surface area (Å²) in [6, 6.07) is 11.3. The van der Waals surface area contributed by atoms with E-state index in [1.165, 1.54) is 0 Å². The first kappa shape index (κ1) is 13.8. The maximum atomic E-state index is 12.3. The van der Waals surface area contributed by atoms with Crippen molar-refractivity contribution in [3.05, 3.63) is 64.0 Å². The molecule has 6 heteroatoms. The summed E-state index contributed by atoms with van der Waals surface area (Å²) < 4.78 is 2.63. The van der Waals surface area contributed by atoms with Gasteiger partial charge in [-0.15, -0.1) is 10.2 Å².